The summed E-state index contributed by atoms with van der Waals surface area (Å²) in [5, 5.41) is 3.90. The Morgan fingerprint density at radius 1 is 1.29 bits per heavy atom. The van der Waals surface area contributed by atoms with E-state index < -0.39 is 0 Å². The minimum atomic E-state index is -0.0660. The number of carbonyl (C=O) groups excluding carboxylic acids is 1. The molecule has 154 valence electrons. The second kappa shape index (κ2) is 9.03. The zero-order valence-corrected chi connectivity index (χ0v) is 19.2. The summed E-state index contributed by atoms with van der Waals surface area (Å²) in [5.74, 6) is 1.42. The van der Waals surface area contributed by atoms with E-state index in [9.17, 15) is 4.79 Å². The fourth-order valence-electron chi connectivity index (χ4n) is 2.90. The Labute approximate surface area is 173 Å². The Morgan fingerprint density at radius 3 is 2.54 bits per heavy atom. The van der Waals surface area contributed by atoms with Crippen LogP contribution in [0.15, 0.2) is 23.4 Å². The average molecular weight is 404 g/mol. The van der Waals surface area contributed by atoms with Crippen molar-refractivity contribution < 1.29 is 9.53 Å². The Morgan fingerprint density at radius 2 is 1.96 bits per heavy atom. The number of hydrogen-bond acceptors (Lipinski definition) is 4. The number of hydrogen-bond donors (Lipinski definition) is 1. The van der Waals surface area contributed by atoms with Crippen molar-refractivity contribution in [3.05, 3.63) is 35.2 Å². The summed E-state index contributed by atoms with van der Waals surface area (Å²) < 4.78 is 7.63. The summed E-state index contributed by atoms with van der Waals surface area (Å²) in [7, 11) is 1.62. The van der Waals surface area contributed by atoms with E-state index in [1.165, 1.54) is 11.8 Å². The van der Waals surface area contributed by atoms with Gasteiger partial charge in [-0.3, -0.25) is 4.79 Å². The van der Waals surface area contributed by atoms with Crippen LogP contribution in [0.1, 0.15) is 51.6 Å². The van der Waals surface area contributed by atoms with Crippen molar-refractivity contribution in [1.82, 2.24) is 9.55 Å². The van der Waals surface area contributed by atoms with Crippen LogP contribution in [0, 0.1) is 19.8 Å². The van der Waals surface area contributed by atoms with Gasteiger partial charge in [-0.15, -0.1) is 0 Å². The van der Waals surface area contributed by atoms with Crippen molar-refractivity contribution in [2.45, 2.75) is 65.6 Å². The summed E-state index contributed by atoms with van der Waals surface area (Å²) in [4.78, 5) is 17.3. The molecule has 0 saturated carbocycles. The highest BCUT2D eigenvalue weighted by molar-refractivity contribution is 7.99. The standard InChI is InChI=1S/C22H33N3O2S/c1-14(2)12-25-16(4)15(3)23-21(25)28-13-20(26)24-18-11-17(22(5,6)7)9-10-19(18)27-8/h9-11,14H,12-13H2,1-8H3,(H,24,26). The Hall–Kier alpha value is -1.95. The topological polar surface area (TPSA) is 56.1 Å². The molecule has 2 aromatic rings. The van der Waals surface area contributed by atoms with Crippen LogP contribution in [-0.2, 0) is 16.8 Å². The number of thioether (sulfide) groups is 1. The molecule has 0 radical (unpaired) electrons. The van der Waals surface area contributed by atoms with Crippen molar-refractivity contribution >= 4 is 23.4 Å². The Balaban J connectivity index is 2.12. The fraction of sp³-hybridized carbons (Fsp3) is 0.545. The number of carbonyl (C=O) groups is 1. The highest BCUT2D eigenvalue weighted by atomic mass is 32.2. The van der Waals surface area contributed by atoms with E-state index in [2.05, 4.69) is 56.4 Å². The van der Waals surface area contributed by atoms with Crippen LogP contribution >= 0.6 is 11.8 Å². The number of methoxy groups -OCH3 is 1. The highest BCUT2D eigenvalue weighted by Gasteiger charge is 2.18. The number of anilines is 1. The minimum Gasteiger partial charge on any atom is -0.495 e. The summed E-state index contributed by atoms with van der Waals surface area (Å²) in [6.07, 6.45) is 0. The molecule has 1 N–H and O–H groups in total. The first-order valence-corrected chi connectivity index (χ1v) is 10.7. The Kier molecular flexibility index (Phi) is 7.21. The van der Waals surface area contributed by atoms with Crippen LogP contribution in [0.5, 0.6) is 5.75 Å². The quantitative estimate of drug-likeness (QED) is 0.646. The molecule has 0 atom stereocenters. The van der Waals surface area contributed by atoms with Gasteiger partial charge in [0.2, 0.25) is 5.91 Å². The second-order valence-corrected chi connectivity index (χ2v) is 9.51. The lowest BCUT2D eigenvalue weighted by molar-refractivity contribution is -0.113. The van der Waals surface area contributed by atoms with Crippen LogP contribution in [0.4, 0.5) is 5.69 Å². The molecule has 1 aromatic carbocycles. The van der Waals surface area contributed by atoms with Gasteiger partial charge in [-0.25, -0.2) is 4.98 Å². The molecule has 6 heteroatoms. The van der Waals surface area contributed by atoms with Gasteiger partial charge >= 0.3 is 0 Å². The molecule has 0 saturated heterocycles. The maximum atomic E-state index is 12.6. The highest BCUT2D eigenvalue weighted by Crippen LogP contribution is 2.32. The monoisotopic (exact) mass is 403 g/mol. The van der Waals surface area contributed by atoms with Crippen LogP contribution in [0.3, 0.4) is 0 Å². The predicted molar refractivity (Wildman–Crippen MR) is 118 cm³/mol. The molecule has 0 bridgehead atoms. The van der Waals surface area contributed by atoms with E-state index in [1.807, 2.05) is 25.1 Å². The van der Waals surface area contributed by atoms with E-state index in [0.717, 1.165) is 28.7 Å². The molecule has 0 unspecified atom stereocenters. The van der Waals surface area contributed by atoms with E-state index in [0.29, 0.717) is 23.1 Å². The first kappa shape index (κ1) is 22.3. The SMILES string of the molecule is COc1ccc(C(C)(C)C)cc1NC(=O)CSc1nc(C)c(C)n1CC(C)C. The van der Waals surface area contributed by atoms with E-state index in [-0.39, 0.29) is 11.3 Å². The molecule has 2 rings (SSSR count). The van der Waals surface area contributed by atoms with Gasteiger partial charge in [0, 0.05) is 12.2 Å². The van der Waals surface area contributed by atoms with E-state index in [1.54, 1.807) is 7.11 Å². The number of nitrogens with one attached hydrogen (secondary N) is 1. The maximum Gasteiger partial charge on any atom is 0.234 e. The van der Waals surface area contributed by atoms with Gasteiger partial charge in [0.05, 0.1) is 24.2 Å². The Bertz CT molecular complexity index is 835. The van der Waals surface area contributed by atoms with Crippen molar-refractivity contribution in [2.24, 2.45) is 5.92 Å². The van der Waals surface area contributed by atoms with E-state index >= 15 is 0 Å². The first-order chi connectivity index (χ1) is 13.0. The van der Waals surface area contributed by atoms with Gasteiger partial charge in [0.25, 0.3) is 0 Å². The average Bonchev–Trinajstić information content (AvgIpc) is 2.86. The smallest absolute Gasteiger partial charge is 0.234 e. The number of imidazole rings is 1. The number of nitrogens with zero attached hydrogens (tertiary/aromatic N) is 2. The third-order valence-corrected chi connectivity index (χ3v) is 5.62. The van der Waals surface area contributed by atoms with Gasteiger partial charge in [-0.05, 0) is 42.9 Å². The van der Waals surface area contributed by atoms with Crippen molar-refractivity contribution in [1.29, 1.82) is 0 Å². The van der Waals surface area contributed by atoms with Gasteiger partial charge in [-0.1, -0.05) is 52.4 Å². The van der Waals surface area contributed by atoms with Crippen LogP contribution in [0.2, 0.25) is 0 Å². The molecule has 5 nitrogen and oxygen atoms in total. The lowest BCUT2D eigenvalue weighted by Gasteiger charge is -2.21. The van der Waals surface area contributed by atoms with Crippen molar-refractivity contribution in [3.63, 3.8) is 0 Å². The zero-order chi connectivity index (χ0) is 21.1. The largest absolute Gasteiger partial charge is 0.495 e. The lowest BCUT2D eigenvalue weighted by atomic mass is 9.87. The van der Waals surface area contributed by atoms with Gasteiger partial charge in [-0.2, -0.15) is 0 Å². The molecule has 1 aromatic heterocycles. The van der Waals surface area contributed by atoms with Crippen molar-refractivity contribution in [2.75, 3.05) is 18.2 Å². The third kappa shape index (κ3) is 5.53. The van der Waals surface area contributed by atoms with Crippen LogP contribution in [-0.4, -0.2) is 28.3 Å². The molecule has 0 aliphatic heterocycles. The van der Waals surface area contributed by atoms with Crippen LogP contribution < -0.4 is 10.1 Å². The predicted octanol–water partition coefficient (Wildman–Crippen LogP) is 5.19. The summed E-state index contributed by atoms with van der Waals surface area (Å²) >= 11 is 1.47. The number of amides is 1. The zero-order valence-electron chi connectivity index (χ0n) is 18.3. The van der Waals surface area contributed by atoms with Gasteiger partial charge in [0.1, 0.15) is 5.75 Å². The molecule has 0 spiro atoms. The second-order valence-electron chi connectivity index (χ2n) is 8.57. The molecule has 0 fully saturated rings. The number of aryl methyl sites for hydroxylation is 1. The molecule has 1 heterocycles. The summed E-state index contributed by atoms with van der Waals surface area (Å²) in [5.41, 5.74) is 4.03. The minimum absolute atomic E-state index is 0.00283. The molecule has 1 amide bonds. The molecular formula is C22H33N3O2S. The number of aromatic nitrogens is 2. The third-order valence-electron chi connectivity index (χ3n) is 4.64. The maximum absolute atomic E-state index is 12.6. The number of ether oxygens (including phenoxy) is 1. The summed E-state index contributed by atoms with van der Waals surface area (Å²) in [6.45, 7) is 15.8. The molecule has 0 aliphatic carbocycles. The lowest BCUT2D eigenvalue weighted by Crippen LogP contribution is -2.17. The van der Waals surface area contributed by atoms with Crippen LogP contribution in [0.25, 0.3) is 0 Å². The fourth-order valence-corrected chi connectivity index (χ4v) is 3.80. The number of rotatable bonds is 7. The van der Waals surface area contributed by atoms with Gasteiger partial charge < -0.3 is 14.6 Å². The summed E-state index contributed by atoms with van der Waals surface area (Å²) in [6, 6.07) is 5.94. The number of benzene rings is 1. The van der Waals surface area contributed by atoms with Crippen molar-refractivity contribution in [3.8, 4) is 5.75 Å². The molecular weight excluding hydrogens is 370 g/mol. The molecule has 0 aliphatic rings. The van der Waals surface area contributed by atoms with Gasteiger partial charge in [0.15, 0.2) is 5.16 Å². The molecule has 28 heavy (non-hydrogen) atoms. The van der Waals surface area contributed by atoms with E-state index in [4.69, 9.17) is 4.74 Å². The first-order valence-electron chi connectivity index (χ1n) is 9.67. The normalized spacial score (nSPS) is 11.8.